The third-order valence-electron chi connectivity index (χ3n) is 2.77. The minimum absolute atomic E-state index is 0.133. The van der Waals surface area contributed by atoms with Crippen molar-refractivity contribution in [3.8, 4) is 10.6 Å². The minimum atomic E-state index is -0.983. The maximum atomic E-state index is 11.9. The molecule has 2 aromatic heterocycles. The molecule has 0 atom stereocenters. The molecule has 8 heteroatoms. The van der Waals surface area contributed by atoms with Crippen LogP contribution in [0.5, 0.6) is 0 Å². The lowest BCUT2D eigenvalue weighted by Crippen LogP contribution is -2.27. The molecular formula is C13H18N4O3S. The molecule has 0 unspecified atom stereocenters. The SMILES string of the molecule is COC(=O)c1nnn(CC(C)(C)O)c1-c1sc(C)nc1C. The fraction of sp³-hybridized carbons (Fsp3) is 0.538. The zero-order valence-corrected chi connectivity index (χ0v) is 13.5. The number of hydrogen-bond acceptors (Lipinski definition) is 7. The average Bonchev–Trinajstić information content (AvgIpc) is 2.89. The highest BCUT2D eigenvalue weighted by Crippen LogP contribution is 2.32. The molecule has 0 aromatic carbocycles. The van der Waals surface area contributed by atoms with Crippen molar-refractivity contribution in [2.75, 3.05) is 7.11 Å². The first-order valence-corrected chi connectivity index (χ1v) is 7.23. The summed E-state index contributed by atoms with van der Waals surface area (Å²) in [5.41, 5.74) is 0.478. The molecule has 7 nitrogen and oxygen atoms in total. The number of aryl methyl sites for hydroxylation is 2. The largest absolute Gasteiger partial charge is 0.464 e. The van der Waals surface area contributed by atoms with Crippen molar-refractivity contribution >= 4 is 17.3 Å². The predicted octanol–water partition coefficient (Wildman–Crippen LogP) is 1.58. The highest BCUT2D eigenvalue weighted by Gasteiger charge is 2.27. The van der Waals surface area contributed by atoms with Crippen molar-refractivity contribution in [1.29, 1.82) is 0 Å². The van der Waals surface area contributed by atoms with E-state index in [4.69, 9.17) is 4.74 Å². The lowest BCUT2D eigenvalue weighted by atomic mass is 10.1. The van der Waals surface area contributed by atoms with Crippen molar-refractivity contribution in [2.45, 2.75) is 39.8 Å². The van der Waals surface area contributed by atoms with E-state index in [0.29, 0.717) is 5.69 Å². The second-order valence-corrected chi connectivity index (χ2v) is 6.60. The molecule has 0 bridgehead atoms. The standard InChI is InChI=1S/C13H18N4O3S/c1-7-11(21-8(2)14-7)10-9(12(18)20-5)15-16-17(10)6-13(3,4)19/h19H,6H2,1-5H3. The van der Waals surface area contributed by atoms with Gasteiger partial charge in [-0.25, -0.2) is 14.5 Å². The number of ether oxygens (including phenoxy) is 1. The summed E-state index contributed by atoms with van der Waals surface area (Å²) in [6.07, 6.45) is 0. The molecule has 0 aliphatic rings. The number of methoxy groups -OCH3 is 1. The van der Waals surface area contributed by atoms with Gasteiger partial charge < -0.3 is 9.84 Å². The summed E-state index contributed by atoms with van der Waals surface area (Å²) in [7, 11) is 1.30. The van der Waals surface area contributed by atoms with Crippen molar-refractivity contribution in [2.24, 2.45) is 0 Å². The zero-order chi connectivity index (χ0) is 15.8. The molecule has 0 saturated heterocycles. The van der Waals surface area contributed by atoms with Gasteiger partial charge in [-0.05, 0) is 27.7 Å². The lowest BCUT2D eigenvalue weighted by molar-refractivity contribution is 0.0569. The van der Waals surface area contributed by atoms with Crippen LogP contribution in [0, 0.1) is 13.8 Å². The zero-order valence-electron chi connectivity index (χ0n) is 12.7. The Morgan fingerprint density at radius 3 is 2.57 bits per heavy atom. The smallest absolute Gasteiger partial charge is 0.360 e. The van der Waals surface area contributed by atoms with E-state index < -0.39 is 11.6 Å². The number of rotatable bonds is 4. The molecule has 0 aliphatic heterocycles. The Morgan fingerprint density at radius 1 is 1.43 bits per heavy atom. The van der Waals surface area contributed by atoms with E-state index in [0.717, 1.165) is 15.6 Å². The van der Waals surface area contributed by atoms with Crippen LogP contribution in [-0.2, 0) is 11.3 Å². The van der Waals surface area contributed by atoms with Gasteiger partial charge in [0.2, 0.25) is 0 Å². The molecule has 0 aliphatic carbocycles. The van der Waals surface area contributed by atoms with Gasteiger partial charge >= 0.3 is 5.97 Å². The first-order chi connectivity index (χ1) is 9.73. The Bertz CT molecular complexity index is 669. The number of aliphatic hydroxyl groups is 1. The van der Waals surface area contributed by atoms with Crippen LogP contribution in [0.15, 0.2) is 0 Å². The second-order valence-electron chi connectivity index (χ2n) is 5.40. The van der Waals surface area contributed by atoms with E-state index in [1.54, 1.807) is 13.8 Å². The van der Waals surface area contributed by atoms with Crippen molar-refractivity contribution in [3.05, 3.63) is 16.4 Å². The Hall–Kier alpha value is -1.80. The first-order valence-electron chi connectivity index (χ1n) is 6.41. The number of carbonyl (C=O) groups excluding carboxylic acids is 1. The summed E-state index contributed by atoms with van der Waals surface area (Å²) in [5.74, 6) is -0.558. The van der Waals surface area contributed by atoms with Crippen LogP contribution in [-0.4, -0.2) is 43.8 Å². The Labute approximate surface area is 126 Å². The molecule has 21 heavy (non-hydrogen) atoms. The lowest BCUT2D eigenvalue weighted by Gasteiger charge is -2.18. The topological polar surface area (TPSA) is 90.1 Å². The third-order valence-corrected chi connectivity index (χ3v) is 3.85. The summed E-state index contributed by atoms with van der Waals surface area (Å²) in [4.78, 5) is 17.1. The quantitative estimate of drug-likeness (QED) is 0.862. The minimum Gasteiger partial charge on any atom is -0.464 e. The molecule has 0 saturated carbocycles. The molecule has 0 fully saturated rings. The monoisotopic (exact) mass is 310 g/mol. The fourth-order valence-electron chi connectivity index (χ4n) is 2.00. The van der Waals surface area contributed by atoms with Gasteiger partial charge in [-0.2, -0.15) is 0 Å². The van der Waals surface area contributed by atoms with Gasteiger partial charge in [-0.1, -0.05) is 5.21 Å². The van der Waals surface area contributed by atoms with Crippen LogP contribution < -0.4 is 0 Å². The number of carbonyl (C=O) groups is 1. The number of esters is 1. The molecule has 1 N–H and O–H groups in total. The third kappa shape index (κ3) is 3.27. The molecule has 2 rings (SSSR count). The van der Waals surface area contributed by atoms with Crippen LogP contribution in [0.4, 0.5) is 0 Å². The van der Waals surface area contributed by atoms with Crippen molar-refractivity contribution in [3.63, 3.8) is 0 Å². The van der Waals surface area contributed by atoms with Gasteiger partial charge in [0.15, 0.2) is 5.69 Å². The Balaban J connectivity index is 2.61. The maximum Gasteiger partial charge on any atom is 0.360 e. The second kappa shape index (κ2) is 5.53. The maximum absolute atomic E-state index is 11.9. The van der Waals surface area contributed by atoms with Gasteiger partial charge in [0.1, 0.15) is 5.69 Å². The highest BCUT2D eigenvalue weighted by molar-refractivity contribution is 7.15. The predicted molar refractivity (Wildman–Crippen MR) is 78.2 cm³/mol. The highest BCUT2D eigenvalue weighted by atomic mass is 32.1. The van der Waals surface area contributed by atoms with Crippen LogP contribution in [0.2, 0.25) is 0 Å². The molecule has 0 spiro atoms. The van der Waals surface area contributed by atoms with Crippen LogP contribution in [0.3, 0.4) is 0 Å². The summed E-state index contributed by atoms with van der Waals surface area (Å²) in [5, 5.41) is 18.8. The number of thiazole rings is 1. The number of aromatic nitrogens is 4. The summed E-state index contributed by atoms with van der Waals surface area (Å²) >= 11 is 1.45. The van der Waals surface area contributed by atoms with Crippen LogP contribution in [0.25, 0.3) is 10.6 Å². The molecule has 2 aromatic rings. The molecule has 2 heterocycles. The average molecular weight is 310 g/mol. The molecular weight excluding hydrogens is 292 g/mol. The van der Waals surface area contributed by atoms with Gasteiger partial charge in [-0.15, -0.1) is 16.4 Å². The van der Waals surface area contributed by atoms with Gasteiger partial charge in [0.05, 0.1) is 34.8 Å². The fourth-order valence-corrected chi connectivity index (χ4v) is 2.97. The summed E-state index contributed by atoms with van der Waals surface area (Å²) < 4.78 is 6.28. The number of nitrogens with zero attached hydrogens (tertiary/aromatic N) is 4. The van der Waals surface area contributed by atoms with E-state index in [9.17, 15) is 9.90 Å². The van der Waals surface area contributed by atoms with Gasteiger partial charge in [0.25, 0.3) is 0 Å². The van der Waals surface area contributed by atoms with E-state index >= 15 is 0 Å². The van der Waals surface area contributed by atoms with Gasteiger partial charge in [-0.3, -0.25) is 0 Å². The van der Waals surface area contributed by atoms with E-state index in [2.05, 4.69) is 15.3 Å². The Kier molecular flexibility index (Phi) is 4.11. The van der Waals surface area contributed by atoms with Crippen LogP contribution >= 0.6 is 11.3 Å². The summed E-state index contributed by atoms with van der Waals surface area (Å²) in [6, 6.07) is 0. The molecule has 0 amide bonds. The van der Waals surface area contributed by atoms with Crippen molar-refractivity contribution in [1.82, 2.24) is 20.0 Å². The molecule has 114 valence electrons. The van der Waals surface area contributed by atoms with Crippen LogP contribution in [0.1, 0.15) is 35.0 Å². The normalized spacial score (nSPS) is 11.7. The number of hydrogen-bond donors (Lipinski definition) is 1. The first kappa shape index (κ1) is 15.6. The summed E-state index contributed by atoms with van der Waals surface area (Å²) in [6.45, 7) is 7.30. The van der Waals surface area contributed by atoms with E-state index in [-0.39, 0.29) is 12.2 Å². The Morgan fingerprint density at radius 2 is 2.10 bits per heavy atom. The van der Waals surface area contributed by atoms with Crippen molar-refractivity contribution < 1.29 is 14.6 Å². The van der Waals surface area contributed by atoms with E-state index in [1.807, 2.05) is 13.8 Å². The van der Waals surface area contributed by atoms with Gasteiger partial charge in [0, 0.05) is 0 Å². The molecule has 0 radical (unpaired) electrons. The van der Waals surface area contributed by atoms with E-state index in [1.165, 1.54) is 23.1 Å².